The van der Waals surface area contributed by atoms with Gasteiger partial charge in [-0.2, -0.15) is 0 Å². The first kappa shape index (κ1) is 12.1. The Balaban J connectivity index is 2.75. The van der Waals surface area contributed by atoms with Crippen LogP contribution in [0.2, 0.25) is 0 Å². The van der Waals surface area contributed by atoms with E-state index >= 15 is 0 Å². The van der Waals surface area contributed by atoms with Crippen molar-refractivity contribution in [2.24, 2.45) is 0 Å². The fourth-order valence-corrected chi connectivity index (χ4v) is 2.27. The summed E-state index contributed by atoms with van der Waals surface area (Å²) in [7, 11) is 0. The highest BCUT2D eigenvalue weighted by Gasteiger charge is 2.20. The molecule has 90 valence electrons. The first-order valence-corrected chi connectivity index (χ1v) is 6.29. The number of rotatable bonds is 1. The van der Waals surface area contributed by atoms with Gasteiger partial charge in [-0.15, -0.1) is 0 Å². The summed E-state index contributed by atoms with van der Waals surface area (Å²) in [5.74, 6) is 0.550. The average molecular weight is 227 g/mol. The molecule has 17 heavy (non-hydrogen) atoms. The molecule has 0 unspecified atom stereocenters. The van der Waals surface area contributed by atoms with Gasteiger partial charge in [-0.25, -0.2) is 0 Å². The van der Waals surface area contributed by atoms with Gasteiger partial charge in [0.1, 0.15) is 0 Å². The van der Waals surface area contributed by atoms with Gasteiger partial charge in [-0.05, 0) is 40.7 Å². The van der Waals surface area contributed by atoms with E-state index in [1.165, 1.54) is 16.5 Å². The van der Waals surface area contributed by atoms with Crippen molar-refractivity contribution in [3.05, 3.63) is 41.6 Å². The van der Waals surface area contributed by atoms with Crippen molar-refractivity contribution >= 4 is 10.9 Å². The van der Waals surface area contributed by atoms with Crippen molar-refractivity contribution in [1.82, 2.24) is 4.98 Å². The van der Waals surface area contributed by atoms with Gasteiger partial charge < -0.3 is 0 Å². The van der Waals surface area contributed by atoms with Crippen molar-refractivity contribution in [2.75, 3.05) is 0 Å². The van der Waals surface area contributed by atoms with Gasteiger partial charge in [0.15, 0.2) is 0 Å². The molecule has 0 atom stereocenters. The van der Waals surface area contributed by atoms with Crippen LogP contribution in [0.15, 0.2) is 30.5 Å². The SMILES string of the molecule is CC(C)c1cc2cccnc2cc1C(C)(C)C. The summed E-state index contributed by atoms with van der Waals surface area (Å²) in [6, 6.07) is 8.70. The third-order valence-electron chi connectivity index (χ3n) is 3.20. The van der Waals surface area contributed by atoms with E-state index in [0.29, 0.717) is 5.92 Å². The molecule has 0 saturated heterocycles. The Kier molecular flexibility index (Phi) is 2.94. The maximum Gasteiger partial charge on any atom is 0.0705 e. The Morgan fingerprint density at radius 1 is 1.12 bits per heavy atom. The van der Waals surface area contributed by atoms with Crippen LogP contribution < -0.4 is 0 Å². The highest BCUT2D eigenvalue weighted by molar-refractivity contribution is 5.80. The van der Waals surface area contributed by atoms with Gasteiger partial charge in [0.05, 0.1) is 5.52 Å². The first-order chi connectivity index (χ1) is 7.89. The molecule has 0 fully saturated rings. The van der Waals surface area contributed by atoms with Crippen LogP contribution in [0.1, 0.15) is 51.7 Å². The van der Waals surface area contributed by atoms with Crippen molar-refractivity contribution in [3.8, 4) is 0 Å². The third-order valence-corrected chi connectivity index (χ3v) is 3.20. The molecule has 0 radical (unpaired) electrons. The van der Waals surface area contributed by atoms with Crippen LogP contribution in [0, 0.1) is 0 Å². The van der Waals surface area contributed by atoms with Crippen LogP contribution in [0.5, 0.6) is 0 Å². The minimum atomic E-state index is 0.172. The molecule has 2 rings (SSSR count). The van der Waals surface area contributed by atoms with E-state index in [0.717, 1.165) is 5.52 Å². The van der Waals surface area contributed by atoms with E-state index in [9.17, 15) is 0 Å². The lowest BCUT2D eigenvalue weighted by atomic mass is 9.80. The molecular weight excluding hydrogens is 206 g/mol. The summed E-state index contributed by atoms with van der Waals surface area (Å²) in [5, 5.41) is 1.24. The fraction of sp³-hybridized carbons (Fsp3) is 0.438. The zero-order valence-electron chi connectivity index (χ0n) is 11.4. The van der Waals surface area contributed by atoms with Crippen LogP contribution in [-0.2, 0) is 5.41 Å². The minimum absolute atomic E-state index is 0.172. The van der Waals surface area contributed by atoms with Gasteiger partial charge in [-0.3, -0.25) is 4.98 Å². The van der Waals surface area contributed by atoms with Crippen LogP contribution in [0.25, 0.3) is 10.9 Å². The zero-order chi connectivity index (χ0) is 12.6. The molecule has 2 aromatic rings. The molecule has 0 amide bonds. The van der Waals surface area contributed by atoms with E-state index in [1.807, 2.05) is 12.3 Å². The molecule has 1 heterocycles. The normalized spacial score (nSPS) is 12.4. The van der Waals surface area contributed by atoms with E-state index in [-0.39, 0.29) is 5.41 Å². The monoisotopic (exact) mass is 227 g/mol. The van der Waals surface area contributed by atoms with Crippen molar-refractivity contribution in [1.29, 1.82) is 0 Å². The third kappa shape index (κ3) is 2.33. The minimum Gasteiger partial charge on any atom is -0.256 e. The number of aromatic nitrogens is 1. The number of hydrogen-bond donors (Lipinski definition) is 0. The zero-order valence-corrected chi connectivity index (χ0v) is 11.4. The second kappa shape index (κ2) is 4.14. The number of pyridine rings is 1. The van der Waals surface area contributed by atoms with Crippen molar-refractivity contribution in [3.63, 3.8) is 0 Å². The van der Waals surface area contributed by atoms with E-state index in [4.69, 9.17) is 0 Å². The smallest absolute Gasteiger partial charge is 0.0705 e. The second-order valence-electron chi connectivity index (χ2n) is 6.04. The average Bonchev–Trinajstić information content (AvgIpc) is 2.26. The summed E-state index contributed by atoms with van der Waals surface area (Å²) in [6.07, 6.45) is 1.86. The topological polar surface area (TPSA) is 12.9 Å². The van der Waals surface area contributed by atoms with Crippen molar-refractivity contribution in [2.45, 2.75) is 46.0 Å². The lowest BCUT2D eigenvalue weighted by Crippen LogP contribution is -2.15. The number of benzene rings is 1. The summed E-state index contributed by atoms with van der Waals surface area (Å²) < 4.78 is 0. The van der Waals surface area contributed by atoms with Gasteiger partial charge in [0.25, 0.3) is 0 Å². The standard InChI is InChI=1S/C16H21N/c1-11(2)13-9-12-7-6-8-17-15(12)10-14(13)16(3,4)5/h6-11H,1-5H3. The van der Waals surface area contributed by atoms with Gasteiger partial charge in [-0.1, -0.05) is 40.7 Å². The summed E-state index contributed by atoms with van der Waals surface area (Å²) in [5.41, 5.74) is 4.13. The molecule has 0 saturated carbocycles. The van der Waals surface area contributed by atoms with Crippen LogP contribution >= 0.6 is 0 Å². The van der Waals surface area contributed by atoms with Gasteiger partial charge >= 0.3 is 0 Å². The van der Waals surface area contributed by atoms with E-state index in [2.05, 4.69) is 57.8 Å². The Labute approximate surface area is 104 Å². The summed E-state index contributed by atoms with van der Waals surface area (Å²) in [6.45, 7) is 11.3. The molecule has 0 bridgehead atoms. The van der Waals surface area contributed by atoms with Gasteiger partial charge in [0, 0.05) is 11.6 Å². The Bertz CT molecular complexity index is 533. The molecule has 0 N–H and O–H groups in total. The lowest BCUT2D eigenvalue weighted by Gasteiger charge is -2.25. The largest absolute Gasteiger partial charge is 0.256 e. The first-order valence-electron chi connectivity index (χ1n) is 6.29. The quantitative estimate of drug-likeness (QED) is 0.690. The Hall–Kier alpha value is -1.37. The van der Waals surface area contributed by atoms with Crippen LogP contribution in [-0.4, -0.2) is 4.98 Å². The maximum absolute atomic E-state index is 4.46. The molecule has 1 nitrogen and oxygen atoms in total. The number of fused-ring (bicyclic) bond motifs is 1. The predicted octanol–water partition coefficient (Wildman–Crippen LogP) is 4.66. The van der Waals surface area contributed by atoms with Crippen LogP contribution in [0.4, 0.5) is 0 Å². The molecule has 0 aliphatic heterocycles. The van der Waals surface area contributed by atoms with E-state index in [1.54, 1.807) is 0 Å². The molecule has 0 aliphatic rings. The number of hydrogen-bond acceptors (Lipinski definition) is 1. The highest BCUT2D eigenvalue weighted by Crippen LogP contribution is 2.33. The van der Waals surface area contributed by atoms with Crippen molar-refractivity contribution < 1.29 is 0 Å². The van der Waals surface area contributed by atoms with Gasteiger partial charge in [0.2, 0.25) is 0 Å². The van der Waals surface area contributed by atoms with Crippen LogP contribution in [0.3, 0.4) is 0 Å². The molecule has 0 aliphatic carbocycles. The van der Waals surface area contributed by atoms with E-state index < -0.39 is 0 Å². The predicted molar refractivity (Wildman–Crippen MR) is 74.5 cm³/mol. The molecule has 1 aromatic carbocycles. The molecular formula is C16H21N. The fourth-order valence-electron chi connectivity index (χ4n) is 2.27. The molecule has 1 heteroatoms. The second-order valence-corrected chi connectivity index (χ2v) is 6.04. The maximum atomic E-state index is 4.46. The number of nitrogens with zero attached hydrogens (tertiary/aromatic N) is 1. The molecule has 1 aromatic heterocycles. The molecule has 0 spiro atoms. The lowest BCUT2D eigenvalue weighted by molar-refractivity contribution is 0.578. The Morgan fingerprint density at radius 2 is 1.82 bits per heavy atom. The highest BCUT2D eigenvalue weighted by atomic mass is 14.6. The summed E-state index contributed by atoms with van der Waals surface area (Å²) >= 11 is 0. The summed E-state index contributed by atoms with van der Waals surface area (Å²) in [4.78, 5) is 4.46. The Morgan fingerprint density at radius 3 is 2.41 bits per heavy atom.